The minimum atomic E-state index is -1.55. The zero-order valence-corrected chi connectivity index (χ0v) is 23.1. The third-order valence-corrected chi connectivity index (χ3v) is 7.77. The molecule has 0 aliphatic carbocycles. The largest absolute Gasteiger partial charge is 0.390 e. The summed E-state index contributed by atoms with van der Waals surface area (Å²) in [5, 5.41) is 42.5. The quantitative estimate of drug-likeness (QED) is 0.114. The molecule has 5 heteroatoms. The van der Waals surface area contributed by atoms with Gasteiger partial charge in [-0.05, 0) is 12.8 Å². The summed E-state index contributed by atoms with van der Waals surface area (Å²) in [7, 11) is 0. The number of aliphatic hydroxyl groups is 4. The van der Waals surface area contributed by atoms with Gasteiger partial charge in [0.1, 0.15) is 30.5 Å². The molecule has 35 heavy (non-hydrogen) atoms. The third kappa shape index (κ3) is 14.4. The van der Waals surface area contributed by atoms with Crippen LogP contribution in [0.3, 0.4) is 0 Å². The van der Waals surface area contributed by atoms with Crippen LogP contribution in [0.4, 0.5) is 0 Å². The molecule has 209 valence electrons. The van der Waals surface area contributed by atoms with Gasteiger partial charge in [0.25, 0.3) is 0 Å². The van der Waals surface area contributed by atoms with Gasteiger partial charge in [0.05, 0.1) is 6.10 Å². The van der Waals surface area contributed by atoms with E-state index in [1.807, 2.05) is 0 Å². The molecule has 1 rings (SSSR count). The smallest absolute Gasteiger partial charge is 0.122 e. The first-order valence-corrected chi connectivity index (χ1v) is 15.2. The maximum Gasteiger partial charge on any atom is 0.122 e. The van der Waals surface area contributed by atoms with E-state index in [1.54, 1.807) is 0 Å². The molecule has 1 fully saturated rings. The highest BCUT2D eigenvalue weighted by molar-refractivity contribution is 5.04. The fourth-order valence-electron chi connectivity index (χ4n) is 5.25. The topological polar surface area (TPSA) is 90.2 Å². The van der Waals surface area contributed by atoms with Crippen LogP contribution in [0.5, 0.6) is 0 Å². The van der Waals surface area contributed by atoms with Gasteiger partial charge in [-0.3, -0.25) is 0 Å². The molecule has 1 saturated heterocycles. The molecule has 0 aromatic rings. The van der Waals surface area contributed by atoms with E-state index in [0.29, 0.717) is 12.8 Å². The maximum absolute atomic E-state index is 10.8. The second-order valence-electron chi connectivity index (χ2n) is 11.1. The standard InChI is InChI=1S/C30H59O5/c1-3-5-7-9-11-13-15-17-19-21-23-26(31)28-27(32)29(33)30(34,25-35-28)24-22-20-18-16-14-12-10-8-6-4-2/h25-29,31-34H,3-24H2,1-2H3/t26?,27-,28+,29-,30-/m0/s1. The van der Waals surface area contributed by atoms with Crippen molar-refractivity contribution in [3.8, 4) is 0 Å². The van der Waals surface area contributed by atoms with Gasteiger partial charge < -0.3 is 25.2 Å². The number of aliphatic hydroxyl groups excluding tert-OH is 3. The van der Waals surface area contributed by atoms with Crippen LogP contribution >= 0.6 is 0 Å². The van der Waals surface area contributed by atoms with E-state index in [2.05, 4.69) is 13.8 Å². The van der Waals surface area contributed by atoms with E-state index in [-0.39, 0.29) is 0 Å². The summed E-state index contributed by atoms with van der Waals surface area (Å²) in [5.41, 5.74) is -1.55. The van der Waals surface area contributed by atoms with E-state index in [9.17, 15) is 20.4 Å². The molecular weight excluding hydrogens is 440 g/mol. The molecule has 1 aliphatic heterocycles. The molecular formula is C30H59O5. The Balaban J connectivity index is 2.14. The first-order valence-electron chi connectivity index (χ1n) is 15.2. The highest BCUT2D eigenvalue weighted by Crippen LogP contribution is 2.34. The van der Waals surface area contributed by atoms with Crippen LogP contribution in [0.2, 0.25) is 0 Å². The lowest BCUT2D eigenvalue weighted by Gasteiger charge is -2.44. The van der Waals surface area contributed by atoms with Gasteiger partial charge in [0.15, 0.2) is 0 Å². The van der Waals surface area contributed by atoms with Crippen LogP contribution in [0.1, 0.15) is 155 Å². The zero-order valence-electron chi connectivity index (χ0n) is 23.1. The van der Waals surface area contributed by atoms with E-state index < -0.39 is 30.0 Å². The first kappa shape index (κ1) is 32.8. The Hall–Kier alpha value is -0.200. The van der Waals surface area contributed by atoms with Crippen molar-refractivity contribution in [3.63, 3.8) is 0 Å². The molecule has 1 unspecified atom stereocenters. The third-order valence-electron chi connectivity index (χ3n) is 7.77. The summed E-state index contributed by atoms with van der Waals surface area (Å²) in [4.78, 5) is 0. The predicted octanol–water partition coefficient (Wildman–Crippen LogP) is 6.98. The summed E-state index contributed by atoms with van der Waals surface area (Å²) in [5.74, 6) is 0. The lowest BCUT2D eigenvalue weighted by atomic mass is 9.82. The second kappa shape index (κ2) is 20.8. The lowest BCUT2D eigenvalue weighted by Crippen LogP contribution is -2.61. The molecule has 0 saturated carbocycles. The highest BCUT2D eigenvalue weighted by atomic mass is 16.5. The van der Waals surface area contributed by atoms with Crippen LogP contribution in [0.25, 0.3) is 0 Å². The van der Waals surface area contributed by atoms with Crippen molar-refractivity contribution < 1.29 is 25.2 Å². The minimum absolute atomic E-state index is 0.364. The van der Waals surface area contributed by atoms with Crippen molar-refractivity contribution in [1.82, 2.24) is 0 Å². The Morgan fingerprint density at radius 1 is 0.657 bits per heavy atom. The summed E-state index contributed by atoms with van der Waals surface area (Å²) in [6, 6.07) is 0. The second-order valence-corrected chi connectivity index (χ2v) is 11.1. The van der Waals surface area contributed by atoms with Crippen LogP contribution in [-0.4, -0.2) is 50.4 Å². The van der Waals surface area contributed by atoms with Crippen LogP contribution in [0.15, 0.2) is 0 Å². The Labute approximate surface area is 217 Å². The molecule has 0 aromatic heterocycles. The van der Waals surface area contributed by atoms with E-state index >= 15 is 0 Å². The Morgan fingerprint density at radius 3 is 1.51 bits per heavy atom. The van der Waals surface area contributed by atoms with Crippen molar-refractivity contribution >= 4 is 0 Å². The van der Waals surface area contributed by atoms with Crippen LogP contribution in [0, 0.1) is 6.61 Å². The molecule has 5 nitrogen and oxygen atoms in total. The molecule has 0 aromatic carbocycles. The molecule has 0 spiro atoms. The van der Waals surface area contributed by atoms with Crippen molar-refractivity contribution in [2.75, 3.05) is 0 Å². The fourth-order valence-corrected chi connectivity index (χ4v) is 5.25. The van der Waals surface area contributed by atoms with Crippen LogP contribution < -0.4 is 0 Å². The lowest BCUT2D eigenvalue weighted by molar-refractivity contribution is -0.227. The fraction of sp³-hybridized carbons (Fsp3) is 0.967. The van der Waals surface area contributed by atoms with Crippen LogP contribution in [-0.2, 0) is 4.74 Å². The first-order chi connectivity index (χ1) is 17.0. The average Bonchev–Trinajstić information content (AvgIpc) is 2.85. The summed E-state index contributed by atoms with van der Waals surface area (Å²) in [6.07, 6.45) is 20.8. The average molecular weight is 500 g/mol. The van der Waals surface area contributed by atoms with Gasteiger partial charge in [-0.25, -0.2) is 0 Å². The van der Waals surface area contributed by atoms with Gasteiger partial charge in [0.2, 0.25) is 0 Å². The minimum Gasteiger partial charge on any atom is -0.390 e. The maximum atomic E-state index is 10.8. The van der Waals surface area contributed by atoms with E-state index in [1.165, 1.54) is 103 Å². The van der Waals surface area contributed by atoms with E-state index in [0.717, 1.165) is 32.1 Å². The summed E-state index contributed by atoms with van der Waals surface area (Å²) < 4.78 is 5.59. The number of ether oxygens (including phenoxy) is 1. The molecule has 0 amide bonds. The predicted molar refractivity (Wildman–Crippen MR) is 145 cm³/mol. The molecule has 4 N–H and O–H groups in total. The van der Waals surface area contributed by atoms with Crippen molar-refractivity contribution in [1.29, 1.82) is 0 Å². The number of hydrogen-bond acceptors (Lipinski definition) is 5. The highest BCUT2D eigenvalue weighted by Gasteiger charge is 2.50. The summed E-state index contributed by atoms with van der Waals surface area (Å²) >= 11 is 0. The molecule has 0 bridgehead atoms. The van der Waals surface area contributed by atoms with Gasteiger partial charge >= 0.3 is 0 Å². The monoisotopic (exact) mass is 499 g/mol. The normalized spacial score (nSPS) is 25.7. The Bertz CT molecular complexity index is 472. The van der Waals surface area contributed by atoms with Gasteiger partial charge in [0, 0.05) is 0 Å². The number of hydrogen-bond donors (Lipinski definition) is 4. The van der Waals surface area contributed by atoms with Gasteiger partial charge in [-0.2, -0.15) is 0 Å². The summed E-state index contributed by atoms with van der Waals surface area (Å²) in [6.45, 7) is 5.74. The zero-order chi connectivity index (χ0) is 25.8. The molecule has 1 aliphatic rings. The van der Waals surface area contributed by atoms with Crippen molar-refractivity contribution in [2.24, 2.45) is 0 Å². The number of rotatable bonds is 23. The van der Waals surface area contributed by atoms with Gasteiger partial charge in [-0.1, -0.05) is 142 Å². The number of unbranched alkanes of at least 4 members (excludes halogenated alkanes) is 18. The van der Waals surface area contributed by atoms with E-state index in [4.69, 9.17) is 4.74 Å². The van der Waals surface area contributed by atoms with Gasteiger partial charge in [-0.15, -0.1) is 0 Å². The molecule has 5 atom stereocenters. The Morgan fingerprint density at radius 2 is 1.06 bits per heavy atom. The molecule has 1 radical (unpaired) electrons. The SMILES string of the molecule is CCCCCCCCCCCCC(O)[C@H]1O[CH][C@@](O)(CCCCCCCCCCCC)[C@@H](O)[C@H]1O. The van der Waals surface area contributed by atoms with Crippen molar-refractivity contribution in [2.45, 2.75) is 185 Å². The van der Waals surface area contributed by atoms with Crippen molar-refractivity contribution in [3.05, 3.63) is 6.61 Å². The molecule has 1 heterocycles. The Kier molecular flexibility index (Phi) is 19.5.